The summed E-state index contributed by atoms with van der Waals surface area (Å²) in [7, 11) is 1.87. The first-order valence-corrected chi connectivity index (χ1v) is 6.52. The number of hydrogen-bond donors (Lipinski definition) is 3. The van der Waals surface area contributed by atoms with E-state index in [1.54, 1.807) is 0 Å². The third-order valence-corrected chi connectivity index (χ3v) is 2.56. The van der Waals surface area contributed by atoms with Gasteiger partial charge in [-0.25, -0.2) is 4.79 Å². The summed E-state index contributed by atoms with van der Waals surface area (Å²) in [4.78, 5) is 11.4. The van der Waals surface area contributed by atoms with Crippen molar-refractivity contribution in [2.75, 3.05) is 25.5 Å². The summed E-state index contributed by atoms with van der Waals surface area (Å²) < 4.78 is 5.11. The zero-order valence-corrected chi connectivity index (χ0v) is 11.8. The normalized spacial score (nSPS) is 10.3. The molecule has 1 aromatic rings. The van der Waals surface area contributed by atoms with Crippen LogP contribution in [0, 0.1) is 0 Å². The van der Waals surface area contributed by atoms with Crippen molar-refractivity contribution in [1.29, 1.82) is 0 Å². The number of alkyl carbamates (subject to hydrolysis) is 1. The van der Waals surface area contributed by atoms with Crippen molar-refractivity contribution in [3.8, 4) is 0 Å². The number of carbonyl (C=O) groups excluding carboxylic acids is 1. The Kier molecular flexibility index (Phi) is 6.74. The van der Waals surface area contributed by atoms with Crippen LogP contribution in [0.2, 0.25) is 0 Å². The molecule has 0 atom stereocenters. The molecule has 0 spiro atoms. The predicted molar refractivity (Wildman–Crippen MR) is 77.3 cm³/mol. The lowest BCUT2D eigenvalue weighted by Gasteiger charge is -2.10. The second-order valence-corrected chi connectivity index (χ2v) is 4.56. The molecule has 0 saturated heterocycles. The van der Waals surface area contributed by atoms with Gasteiger partial charge in [-0.3, -0.25) is 0 Å². The maximum absolute atomic E-state index is 11.4. The lowest BCUT2D eigenvalue weighted by atomic mass is 10.2. The molecule has 0 aliphatic rings. The van der Waals surface area contributed by atoms with Crippen molar-refractivity contribution >= 4 is 11.8 Å². The van der Waals surface area contributed by atoms with E-state index in [2.05, 4.69) is 29.8 Å². The molecule has 0 saturated carbocycles. The van der Waals surface area contributed by atoms with Crippen LogP contribution in [0.3, 0.4) is 0 Å². The molecule has 0 aromatic heterocycles. The van der Waals surface area contributed by atoms with Crippen LogP contribution >= 0.6 is 0 Å². The third-order valence-electron chi connectivity index (χ3n) is 2.56. The van der Waals surface area contributed by atoms with Crippen LogP contribution in [0.1, 0.15) is 19.4 Å². The number of nitrogens with one attached hydrogen (secondary N) is 3. The largest absolute Gasteiger partial charge is 0.445 e. The van der Waals surface area contributed by atoms with Gasteiger partial charge in [-0.2, -0.15) is 0 Å². The molecule has 5 heteroatoms. The smallest absolute Gasteiger partial charge is 0.407 e. The highest BCUT2D eigenvalue weighted by molar-refractivity contribution is 5.67. The van der Waals surface area contributed by atoms with Gasteiger partial charge >= 0.3 is 6.09 Å². The van der Waals surface area contributed by atoms with E-state index < -0.39 is 0 Å². The first-order chi connectivity index (χ1) is 9.11. The van der Waals surface area contributed by atoms with Crippen LogP contribution in [-0.2, 0) is 11.3 Å². The topological polar surface area (TPSA) is 62.4 Å². The van der Waals surface area contributed by atoms with E-state index in [1.165, 1.54) is 0 Å². The Morgan fingerprint density at radius 1 is 1.21 bits per heavy atom. The zero-order valence-electron chi connectivity index (χ0n) is 11.8. The molecular weight excluding hydrogens is 242 g/mol. The molecule has 1 rings (SSSR count). The summed E-state index contributed by atoms with van der Waals surface area (Å²) in [6.07, 6.45) is -0.386. The Morgan fingerprint density at radius 3 is 2.47 bits per heavy atom. The van der Waals surface area contributed by atoms with E-state index in [4.69, 9.17) is 4.74 Å². The minimum Gasteiger partial charge on any atom is -0.445 e. The Balaban J connectivity index is 2.18. The fourth-order valence-corrected chi connectivity index (χ4v) is 1.49. The van der Waals surface area contributed by atoms with Gasteiger partial charge in [-0.05, 0) is 17.7 Å². The first kappa shape index (κ1) is 15.3. The molecule has 0 radical (unpaired) electrons. The second kappa shape index (κ2) is 8.37. The fraction of sp³-hybridized carbons (Fsp3) is 0.500. The Morgan fingerprint density at radius 2 is 1.89 bits per heavy atom. The van der Waals surface area contributed by atoms with Crippen molar-refractivity contribution in [2.45, 2.75) is 26.5 Å². The fourth-order valence-electron chi connectivity index (χ4n) is 1.49. The lowest BCUT2D eigenvalue weighted by Crippen LogP contribution is -2.34. The predicted octanol–water partition coefficient (Wildman–Crippen LogP) is 1.95. The average Bonchev–Trinajstić information content (AvgIpc) is 2.41. The number of carbonyl (C=O) groups is 1. The lowest BCUT2D eigenvalue weighted by molar-refractivity contribution is 0.139. The van der Waals surface area contributed by atoms with Crippen LogP contribution in [0.4, 0.5) is 10.5 Å². The summed E-state index contributed by atoms with van der Waals surface area (Å²) in [5, 5.41) is 8.94. The second-order valence-electron chi connectivity index (χ2n) is 4.56. The van der Waals surface area contributed by atoms with Gasteiger partial charge in [0.2, 0.25) is 0 Å². The zero-order chi connectivity index (χ0) is 14.1. The molecular formula is C14H23N3O2. The monoisotopic (exact) mass is 265 g/mol. The maximum atomic E-state index is 11.4. The number of rotatable bonds is 7. The molecule has 0 heterocycles. The van der Waals surface area contributed by atoms with E-state index in [-0.39, 0.29) is 12.7 Å². The van der Waals surface area contributed by atoms with Crippen LogP contribution in [0.5, 0.6) is 0 Å². The van der Waals surface area contributed by atoms with Gasteiger partial charge in [-0.15, -0.1) is 0 Å². The minimum absolute atomic E-state index is 0.285. The highest BCUT2D eigenvalue weighted by Crippen LogP contribution is 2.09. The van der Waals surface area contributed by atoms with Gasteiger partial charge in [0.15, 0.2) is 0 Å². The summed E-state index contributed by atoms with van der Waals surface area (Å²) in [6.45, 7) is 5.72. The van der Waals surface area contributed by atoms with Gasteiger partial charge in [0, 0.05) is 31.9 Å². The molecule has 106 valence electrons. The van der Waals surface area contributed by atoms with E-state index in [1.807, 2.05) is 31.3 Å². The summed E-state index contributed by atoms with van der Waals surface area (Å²) in [5.74, 6) is 0. The number of hydrogen-bond acceptors (Lipinski definition) is 4. The molecule has 3 N–H and O–H groups in total. The van der Waals surface area contributed by atoms with Gasteiger partial charge in [-0.1, -0.05) is 26.0 Å². The van der Waals surface area contributed by atoms with E-state index in [9.17, 15) is 4.79 Å². The minimum atomic E-state index is -0.386. The van der Waals surface area contributed by atoms with Gasteiger partial charge in [0.05, 0.1) is 0 Å². The number of anilines is 1. The highest BCUT2D eigenvalue weighted by atomic mass is 16.5. The quantitative estimate of drug-likeness (QED) is 0.659. The van der Waals surface area contributed by atoms with Gasteiger partial charge in [0.1, 0.15) is 6.61 Å². The molecule has 0 aliphatic heterocycles. The molecule has 19 heavy (non-hydrogen) atoms. The SMILES string of the molecule is CNc1ccc(COC(=O)NCCNC(C)C)cc1. The number of amides is 1. The van der Waals surface area contributed by atoms with Crippen LogP contribution in [-0.4, -0.2) is 32.3 Å². The van der Waals surface area contributed by atoms with Gasteiger partial charge in [0.25, 0.3) is 0 Å². The maximum Gasteiger partial charge on any atom is 0.407 e. The van der Waals surface area contributed by atoms with Crippen molar-refractivity contribution < 1.29 is 9.53 Å². The van der Waals surface area contributed by atoms with Crippen LogP contribution in [0.15, 0.2) is 24.3 Å². The molecule has 0 aliphatic carbocycles. The Hall–Kier alpha value is -1.75. The highest BCUT2D eigenvalue weighted by Gasteiger charge is 2.02. The molecule has 5 nitrogen and oxygen atoms in total. The van der Waals surface area contributed by atoms with Crippen molar-refractivity contribution in [3.63, 3.8) is 0 Å². The number of ether oxygens (including phenoxy) is 1. The summed E-state index contributed by atoms with van der Waals surface area (Å²) >= 11 is 0. The average molecular weight is 265 g/mol. The molecule has 0 unspecified atom stereocenters. The Bertz CT molecular complexity index is 377. The molecule has 1 amide bonds. The van der Waals surface area contributed by atoms with Crippen LogP contribution in [0.25, 0.3) is 0 Å². The molecule has 0 fully saturated rings. The van der Waals surface area contributed by atoms with Gasteiger partial charge < -0.3 is 20.7 Å². The van der Waals surface area contributed by atoms with Crippen molar-refractivity contribution in [3.05, 3.63) is 29.8 Å². The number of benzene rings is 1. The van der Waals surface area contributed by atoms with Crippen molar-refractivity contribution in [2.24, 2.45) is 0 Å². The Labute approximate surface area is 114 Å². The molecule has 0 bridgehead atoms. The standard InChI is InChI=1S/C14H23N3O2/c1-11(2)16-8-9-17-14(18)19-10-12-4-6-13(15-3)7-5-12/h4-7,11,15-16H,8-10H2,1-3H3,(H,17,18). The summed E-state index contributed by atoms with van der Waals surface area (Å²) in [6, 6.07) is 8.18. The third kappa shape index (κ3) is 6.67. The van der Waals surface area contributed by atoms with Crippen LogP contribution < -0.4 is 16.0 Å². The van der Waals surface area contributed by atoms with E-state index >= 15 is 0 Å². The van der Waals surface area contributed by atoms with Crippen molar-refractivity contribution in [1.82, 2.24) is 10.6 Å². The molecule has 1 aromatic carbocycles. The first-order valence-electron chi connectivity index (χ1n) is 6.52. The van der Waals surface area contributed by atoms with E-state index in [0.717, 1.165) is 17.8 Å². The summed E-state index contributed by atoms with van der Waals surface area (Å²) in [5.41, 5.74) is 2.00. The van der Waals surface area contributed by atoms with E-state index in [0.29, 0.717) is 12.6 Å².